The molecular weight excluding hydrogens is 302 g/mol. The molecule has 0 N–H and O–H groups in total. The zero-order valence-electron chi connectivity index (χ0n) is 15.3. The van der Waals surface area contributed by atoms with Crippen molar-refractivity contribution in [2.75, 3.05) is 32.8 Å². The summed E-state index contributed by atoms with van der Waals surface area (Å²) in [6.07, 6.45) is 5.02. The van der Waals surface area contributed by atoms with Crippen molar-refractivity contribution in [3.8, 4) is 11.3 Å². The molecule has 3 heterocycles. The van der Waals surface area contributed by atoms with Crippen molar-refractivity contribution in [3.05, 3.63) is 23.9 Å². The minimum atomic E-state index is 0.369. The number of imidazole rings is 1. The molecule has 0 spiro atoms. The van der Waals surface area contributed by atoms with Crippen molar-refractivity contribution in [2.24, 2.45) is 0 Å². The molecule has 1 aliphatic heterocycles. The van der Waals surface area contributed by atoms with Gasteiger partial charge in [-0.15, -0.1) is 0 Å². The van der Waals surface area contributed by atoms with Crippen LogP contribution in [0.15, 0.2) is 12.5 Å². The standard InChI is InChI=1S/C18H29N5O/c1-5-6-23-16(4)18(15(3)20-23)17-11-19-13-22(17)14(2)12-21-7-9-24-10-8-21/h11,13-14H,5-10,12H2,1-4H3. The molecule has 6 heteroatoms. The molecule has 0 saturated carbocycles. The Morgan fingerprint density at radius 1 is 1.25 bits per heavy atom. The van der Waals surface area contributed by atoms with Gasteiger partial charge in [0.1, 0.15) is 0 Å². The molecule has 0 aliphatic carbocycles. The summed E-state index contributed by atoms with van der Waals surface area (Å²) in [7, 11) is 0. The number of nitrogens with zero attached hydrogens (tertiary/aromatic N) is 5. The number of ether oxygens (including phenoxy) is 1. The van der Waals surface area contributed by atoms with Gasteiger partial charge in [-0.2, -0.15) is 5.10 Å². The Balaban J connectivity index is 1.85. The minimum Gasteiger partial charge on any atom is -0.379 e. The second-order valence-electron chi connectivity index (χ2n) is 6.72. The molecular formula is C18H29N5O. The molecule has 2 aromatic heterocycles. The number of morpholine rings is 1. The largest absolute Gasteiger partial charge is 0.379 e. The second kappa shape index (κ2) is 7.49. The molecule has 1 fully saturated rings. The lowest BCUT2D eigenvalue weighted by atomic mass is 10.1. The fourth-order valence-electron chi connectivity index (χ4n) is 3.59. The molecule has 1 unspecified atom stereocenters. The van der Waals surface area contributed by atoms with Crippen LogP contribution in [0.5, 0.6) is 0 Å². The molecule has 2 aromatic rings. The van der Waals surface area contributed by atoms with Crippen molar-refractivity contribution in [2.45, 2.75) is 46.7 Å². The van der Waals surface area contributed by atoms with Crippen molar-refractivity contribution in [1.29, 1.82) is 0 Å². The van der Waals surface area contributed by atoms with Crippen LogP contribution in [0.25, 0.3) is 11.3 Å². The first kappa shape index (κ1) is 17.2. The Labute approximate surface area is 144 Å². The SMILES string of the molecule is CCCn1nc(C)c(-c2cncn2C(C)CN2CCOCC2)c1C. The Kier molecular flexibility index (Phi) is 5.36. The molecule has 24 heavy (non-hydrogen) atoms. The summed E-state index contributed by atoms with van der Waals surface area (Å²) >= 11 is 0. The van der Waals surface area contributed by atoms with Crippen LogP contribution in [-0.2, 0) is 11.3 Å². The Bertz CT molecular complexity index is 669. The van der Waals surface area contributed by atoms with E-state index in [0.717, 1.165) is 51.5 Å². The maximum Gasteiger partial charge on any atom is 0.0953 e. The third-order valence-corrected chi connectivity index (χ3v) is 4.84. The molecule has 6 nitrogen and oxygen atoms in total. The van der Waals surface area contributed by atoms with Gasteiger partial charge >= 0.3 is 0 Å². The number of aromatic nitrogens is 4. The van der Waals surface area contributed by atoms with E-state index in [9.17, 15) is 0 Å². The number of rotatable bonds is 6. The van der Waals surface area contributed by atoms with Gasteiger partial charge in [-0.1, -0.05) is 6.92 Å². The minimum absolute atomic E-state index is 0.369. The van der Waals surface area contributed by atoms with Crippen LogP contribution in [0.4, 0.5) is 0 Å². The van der Waals surface area contributed by atoms with Crippen molar-refractivity contribution in [3.63, 3.8) is 0 Å². The highest BCUT2D eigenvalue weighted by Crippen LogP contribution is 2.29. The molecule has 3 rings (SSSR count). The lowest BCUT2D eigenvalue weighted by Crippen LogP contribution is -2.39. The van der Waals surface area contributed by atoms with Crippen LogP contribution < -0.4 is 0 Å². The van der Waals surface area contributed by atoms with Crippen LogP contribution in [0.2, 0.25) is 0 Å². The van der Waals surface area contributed by atoms with Crippen molar-refractivity contribution in [1.82, 2.24) is 24.2 Å². The molecule has 1 atom stereocenters. The number of hydrogen-bond acceptors (Lipinski definition) is 4. The lowest BCUT2D eigenvalue weighted by molar-refractivity contribution is 0.0326. The fourth-order valence-corrected chi connectivity index (χ4v) is 3.59. The molecule has 1 saturated heterocycles. The fraction of sp³-hybridized carbons (Fsp3) is 0.667. The van der Waals surface area contributed by atoms with Gasteiger partial charge in [0.25, 0.3) is 0 Å². The highest BCUT2D eigenvalue weighted by molar-refractivity contribution is 5.65. The van der Waals surface area contributed by atoms with E-state index >= 15 is 0 Å². The van der Waals surface area contributed by atoms with Gasteiger partial charge in [0.15, 0.2) is 0 Å². The third kappa shape index (κ3) is 3.39. The predicted octanol–water partition coefficient (Wildman–Crippen LogP) is 2.67. The van der Waals surface area contributed by atoms with Crippen LogP contribution in [0.1, 0.15) is 37.7 Å². The first-order valence-corrected chi connectivity index (χ1v) is 8.98. The summed E-state index contributed by atoms with van der Waals surface area (Å²) < 4.78 is 9.86. The van der Waals surface area contributed by atoms with Crippen molar-refractivity contribution >= 4 is 0 Å². The molecule has 0 radical (unpaired) electrons. The first-order chi connectivity index (χ1) is 11.6. The summed E-state index contributed by atoms with van der Waals surface area (Å²) in [5.41, 5.74) is 4.72. The van der Waals surface area contributed by atoms with Crippen LogP contribution in [-0.4, -0.2) is 57.1 Å². The summed E-state index contributed by atoms with van der Waals surface area (Å²) in [4.78, 5) is 6.90. The maximum absolute atomic E-state index is 5.45. The summed E-state index contributed by atoms with van der Waals surface area (Å²) in [5.74, 6) is 0. The monoisotopic (exact) mass is 331 g/mol. The second-order valence-corrected chi connectivity index (χ2v) is 6.72. The van der Waals surface area contributed by atoms with E-state index in [1.165, 1.54) is 17.0 Å². The van der Waals surface area contributed by atoms with Crippen molar-refractivity contribution < 1.29 is 4.74 Å². The van der Waals surface area contributed by atoms with E-state index in [0.29, 0.717) is 6.04 Å². The van der Waals surface area contributed by atoms with Gasteiger partial charge in [0.05, 0.1) is 37.1 Å². The van der Waals surface area contributed by atoms with Crippen LogP contribution in [0, 0.1) is 13.8 Å². The maximum atomic E-state index is 5.45. The van der Waals surface area contributed by atoms with Gasteiger partial charge < -0.3 is 9.30 Å². The third-order valence-electron chi connectivity index (χ3n) is 4.84. The van der Waals surface area contributed by atoms with Gasteiger partial charge in [0.2, 0.25) is 0 Å². The average Bonchev–Trinajstić information content (AvgIpc) is 3.14. The van der Waals surface area contributed by atoms with Gasteiger partial charge in [-0.25, -0.2) is 4.98 Å². The zero-order valence-corrected chi connectivity index (χ0v) is 15.3. The Morgan fingerprint density at radius 3 is 2.71 bits per heavy atom. The summed E-state index contributed by atoms with van der Waals surface area (Å²) in [5, 5.41) is 4.72. The Hall–Kier alpha value is -1.66. The van der Waals surface area contributed by atoms with E-state index in [1.807, 2.05) is 12.5 Å². The quantitative estimate of drug-likeness (QED) is 0.816. The van der Waals surface area contributed by atoms with E-state index in [2.05, 4.69) is 46.8 Å². The molecule has 1 aliphatic rings. The predicted molar refractivity (Wildman–Crippen MR) is 95.2 cm³/mol. The van der Waals surface area contributed by atoms with E-state index in [1.54, 1.807) is 0 Å². The smallest absolute Gasteiger partial charge is 0.0953 e. The van der Waals surface area contributed by atoms with Crippen LogP contribution in [0.3, 0.4) is 0 Å². The first-order valence-electron chi connectivity index (χ1n) is 8.98. The molecule has 0 aromatic carbocycles. The molecule has 132 valence electrons. The molecule has 0 bridgehead atoms. The summed E-state index contributed by atoms with van der Waals surface area (Å²) in [6, 6.07) is 0.369. The number of hydrogen-bond donors (Lipinski definition) is 0. The molecule has 0 amide bonds. The highest BCUT2D eigenvalue weighted by atomic mass is 16.5. The highest BCUT2D eigenvalue weighted by Gasteiger charge is 2.21. The van der Waals surface area contributed by atoms with Gasteiger partial charge in [-0.05, 0) is 27.2 Å². The van der Waals surface area contributed by atoms with Crippen LogP contribution >= 0.6 is 0 Å². The average molecular weight is 331 g/mol. The van der Waals surface area contributed by atoms with Gasteiger partial charge in [0, 0.05) is 43.5 Å². The topological polar surface area (TPSA) is 48.1 Å². The lowest BCUT2D eigenvalue weighted by Gasteiger charge is -2.30. The van der Waals surface area contributed by atoms with E-state index in [-0.39, 0.29) is 0 Å². The summed E-state index contributed by atoms with van der Waals surface area (Å²) in [6.45, 7) is 14.4. The number of aryl methyl sites for hydroxylation is 2. The van der Waals surface area contributed by atoms with E-state index in [4.69, 9.17) is 9.84 Å². The zero-order chi connectivity index (χ0) is 17.1. The van der Waals surface area contributed by atoms with E-state index < -0.39 is 0 Å². The van der Waals surface area contributed by atoms with Gasteiger partial charge in [-0.3, -0.25) is 9.58 Å². The Morgan fingerprint density at radius 2 is 2.00 bits per heavy atom. The normalized spacial score (nSPS) is 17.3.